The molecule has 0 aliphatic carbocycles. The highest BCUT2D eigenvalue weighted by atomic mass is 79.9. The molecule has 0 saturated heterocycles. The number of anilines is 1. The first-order chi connectivity index (χ1) is 11.0. The molecule has 0 saturated carbocycles. The van der Waals surface area contributed by atoms with Crippen LogP contribution in [0, 0.1) is 0 Å². The third kappa shape index (κ3) is 3.22. The average Bonchev–Trinajstić information content (AvgIpc) is 2.54. The highest BCUT2D eigenvalue weighted by Gasteiger charge is 2.11. The van der Waals surface area contributed by atoms with E-state index in [0.29, 0.717) is 11.2 Å². The van der Waals surface area contributed by atoms with Gasteiger partial charge in [0.25, 0.3) is 5.91 Å². The van der Waals surface area contributed by atoms with Crippen LogP contribution in [0.1, 0.15) is 20.7 Å². The second-order valence-electron chi connectivity index (χ2n) is 4.87. The largest absolute Gasteiger partial charge is 0.478 e. The van der Waals surface area contributed by atoms with Crippen LogP contribution >= 0.6 is 15.9 Å². The zero-order valence-corrected chi connectivity index (χ0v) is 13.4. The van der Waals surface area contributed by atoms with Gasteiger partial charge in [-0.05, 0) is 46.3 Å². The smallest absolute Gasteiger partial charge is 0.335 e. The maximum Gasteiger partial charge on any atom is 0.335 e. The van der Waals surface area contributed by atoms with Crippen LogP contribution in [0.2, 0.25) is 0 Å². The molecule has 5 nitrogen and oxygen atoms in total. The van der Waals surface area contributed by atoms with Crippen molar-refractivity contribution in [2.24, 2.45) is 0 Å². The van der Waals surface area contributed by atoms with Gasteiger partial charge >= 0.3 is 5.97 Å². The summed E-state index contributed by atoms with van der Waals surface area (Å²) in [4.78, 5) is 27.7. The maximum atomic E-state index is 12.4. The summed E-state index contributed by atoms with van der Waals surface area (Å²) in [5.41, 5.74) is 1.58. The highest BCUT2D eigenvalue weighted by Crippen LogP contribution is 2.24. The number of nitrogens with zero attached hydrogens (tertiary/aromatic N) is 1. The number of benzene rings is 2. The number of fused-ring (bicyclic) bond motifs is 1. The fourth-order valence-electron chi connectivity index (χ4n) is 2.22. The van der Waals surface area contributed by atoms with Gasteiger partial charge < -0.3 is 10.4 Å². The molecule has 0 bridgehead atoms. The van der Waals surface area contributed by atoms with Crippen molar-refractivity contribution in [3.05, 3.63) is 70.3 Å². The number of para-hydroxylation sites is 1. The quantitative estimate of drug-likeness (QED) is 0.731. The minimum atomic E-state index is -1.07. The van der Waals surface area contributed by atoms with Crippen LogP contribution in [0.5, 0.6) is 0 Å². The standard InChI is InChI=1S/C17H11BrN2O3/c18-13-8-10-3-2-6-14(15(10)19-9-13)20-16(21)11-4-1-5-12(7-11)17(22)23/h1-9H,(H,20,21)(H,22,23). The molecule has 0 radical (unpaired) electrons. The van der Waals surface area contributed by atoms with E-state index < -0.39 is 5.97 Å². The average molecular weight is 371 g/mol. The molecular formula is C17H11BrN2O3. The van der Waals surface area contributed by atoms with Crippen LogP contribution in [-0.4, -0.2) is 22.0 Å². The van der Waals surface area contributed by atoms with Crippen LogP contribution in [0.4, 0.5) is 5.69 Å². The normalized spacial score (nSPS) is 10.5. The van der Waals surface area contributed by atoms with E-state index in [-0.39, 0.29) is 17.0 Å². The van der Waals surface area contributed by atoms with E-state index in [2.05, 4.69) is 26.2 Å². The van der Waals surface area contributed by atoms with Crippen molar-refractivity contribution >= 4 is 44.4 Å². The summed E-state index contributed by atoms with van der Waals surface area (Å²) in [6, 6.07) is 13.3. The Morgan fingerprint density at radius 1 is 1.04 bits per heavy atom. The van der Waals surface area contributed by atoms with Crippen molar-refractivity contribution in [3.8, 4) is 0 Å². The number of aromatic carboxylic acids is 1. The molecule has 3 rings (SSSR count). The molecule has 2 N–H and O–H groups in total. The van der Waals surface area contributed by atoms with Crippen LogP contribution < -0.4 is 5.32 Å². The van der Waals surface area contributed by atoms with Gasteiger partial charge in [-0.3, -0.25) is 9.78 Å². The molecule has 0 aliphatic rings. The Morgan fingerprint density at radius 2 is 1.78 bits per heavy atom. The number of halogens is 1. The summed E-state index contributed by atoms with van der Waals surface area (Å²) in [5.74, 6) is -1.46. The summed E-state index contributed by atoms with van der Waals surface area (Å²) >= 11 is 3.36. The molecule has 0 spiro atoms. The van der Waals surface area contributed by atoms with Crippen molar-refractivity contribution in [2.45, 2.75) is 0 Å². The predicted molar refractivity (Wildman–Crippen MR) is 90.8 cm³/mol. The zero-order chi connectivity index (χ0) is 16.4. The highest BCUT2D eigenvalue weighted by molar-refractivity contribution is 9.10. The molecule has 0 fully saturated rings. The van der Waals surface area contributed by atoms with E-state index in [1.807, 2.05) is 18.2 Å². The molecule has 1 heterocycles. The van der Waals surface area contributed by atoms with E-state index in [4.69, 9.17) is 5.11 Å². The molecule has 0 unspecified atom stereocenters. The first-order valence-corrected chi connectivity index (χ1v) is 7.53. The van der Waals surface area contributed by atoms with Gasteiger partial charge in [-0.25, -0.2) is 4.79 Å². The van der Waals surface area contributed by atoms with Gasteiger partial charge in [-0.15, -0.1) is 0 Å². The molecule has 1 aromatic heterocycles. The molecular weight excluding hydrogens is 360 g/mol. The van der Waals surface area contributed by atoms with Gasteiger partial charge in [0.15, 0.2) is 0 Å². The lowest BCUT2D eigenvalue weighted by Gasteiger charge is -2.09. The lowest BCUT2D eigenvalue weighted by Crippen LogP contribution is -2.13. The molecule has 2 aromatic carbocycles. The number of carbonyl (C=O) groups is 2. The van der Waals surface area contributed by atoms with Gasteiger partial charge in [0.2, 0.25) is 0 Å². The van der Waals surface area contributed by atoms with Crippen molar-refractivity contribution in [2.75, 3.05) is 5.32 Å². The van der Waals surface area contributed by atoms with Crippen LogP contribution in [0.3, 0.4) is 0 Å². The minimum absolute atomic E-state index is 0.0672. The number of amides is 1. The predicted octanol–water partition coefficient (Wildman–Crippen LogP) is 3.95. The summed E-state index contributed by atoms with van der Waals surface area (Å²) in [6.07, 6.45) is 1.66. The fraction of sp³-hybridized carbons (Fsp3) is 0. The number of hydrogen-bond acceptors (Lipinski definition) is 3. The van der Waals surface area contributed by atoms with Crippen LogP contribution in [0.25, 0.3) is 10.9 Å². The van der Waals surface area contributed by atoms with Gasteiger partial charge in [0.1, 0.15) is 0 Å². The summed E-state index contributed by atoms with van der Waals surface area (Å²) in [5, 5.41) is 12.7. The maximum absolute atomic E-state index is 12.4. The molecule has 114 valence electrons. The first-order valence-electron chi connectivity index (χ1n) is 6.73. The van der Waals surface area contributed by atoms with Gasteiger partial charge in [0.05, 0.1) is 16.8 Å². The molecule has 1 amide bonds. The SMILES string of the molecule is O=C(O)c1cccc(C(=O)Nc2cccc3cc(Br)cnc23)c1. The van der Waals surface area contributed by atoms with Crippen molar-refractivity contribution in [1.29, 1.82) is 0 Å². The molecule has 0 atom stereocenters. The van der Waals surface area contributed by atoms with Gasteiger partial charge in [-0.1, -0.05) is 18.2 Å². The number of carbonyl (C=O) groups excluding carboxylic acids is 1. The third-order valence-electron chi connectivity index (χ3n) is 3.30. The Balaban J connectivity index is 1.94. The molecule has 3 aromatic rings. The number of pyridine rings is 1. The number of aromatic nitrogens is 1. The lowest BCUT2D eigenvalue weighted by atomic mass is 10.1. The van der Waals surface area contributed by atoms with Gasteiger partial charge in [0, 0.05) is 21.6 Å². The fourth-order valence-corrected chi connectivity index (χ4v) is 2.57. The first kappa shape index (κ1) is 15.2. The zero-order valence-electron chi connectivity index (χ0n) is 11.8. The number of hydrogen-bond donors (Lipinski definition) is 2. The van der Waals surface area contributed by atoms with E-state index >= 15 is 0 Å². The molecule has 23 heavy (non-hydrogen) atoms. The van der Waals surface area contributed by atoms with E-state index in [0.717, 1.165) is 9.86 Å². The van der Waals surface area contributed by atoms with E-state index in [9.17, 15) is 9.59 Å². The van der Waals surface area contributed by atoms with E-state index in [1.54, 1.807) is 18.3 Å². The Bertz CT molecular complexity index is 925. The lowest BCUT2D eigenvalue weighted by molar-refractivity contribution is 0.0697. The third-order valence-corrected chi connectivity index (χ3v) is 3.73. The Kier molecular flexibility index (Phi) is 4.08. The van der Waals surface area contributed by atoms with Crippen LogP contribution in [-0.2, 0) is 0 Å². The Hall–Kier alpha value is -2.73. The topological polar surface area (TPSA) is 79.3 Å². The molecule has 0 aliphatic heterocycles. The van der Waals surface area contributed by atoms with Crippen LogP contribution in [0.15, 0.2) is 59.2 Å². The summed E-state index contributed by atoms with van der Waals surface area (Å²) in [7, 11) is 0. The Morgan fingerprint density at radius 3 is 2.57 bits per heavy atom. The van der Waals surface area contributed by atoms with Crippen molar-refractivity contribution < 1.29 is 14.7 Å². The summed E-state index contributed by atoms with van der Waals surface area (Å²) in [6.45, 7) is 0. The van der Waals surface area contributed by atoms with Crippen molar-refractivity contribution in [3.63, 3.8) is 0 Å². The number of carboxylic acids is 1. The second-order valence-corrected chi connectivity index (χ2v) is 5.79. The van der Waals surface area contributed by atoms with Crippen molar-refractivity contribution in [1.82, 2.24) is 4.98 Å². The molecule has 6 heteroatoms. The summed E-state index contributed by atoms with van der Waals surface area (Å²) < 4.78 is 0.850. The number of nitrogens with one attached hydrogen (secondary N) is 1. The number of rotatable bonds is 3. The van der Waals surface area contributed by atoms with Gasteiger partial charge in [-0.2, -0.15) is 0 Å². The monoisotopic (exact) mass is 370 g/mol. The second kappa shape index (κ2) is 6.18. The number of carboxylic acid groups (broad SMARTS) is 1. The Labute approximate surface area is 140 Å². The van der Waals surface area contributed by atoms with E-state index in [1.165, 1.54) is 18.2 Å². The minimum Gasteiger partial charge on any atom is -0.478 e.